The SMILES string of the molecule is O=C(Nc1ccc(N2CCN(C(=O)Cc3ccccc3)CC2)nc1)c1cc(F)cc(F)c1. The van der Waals surface area contributed by atoms with Crippen molar-refractivity contribution in [3.63, 3.8) is 0 Å². The Morgan fingerprint density at radius 2 is 1.59 bits per heavy atom. The van der Waals surface area contributed by atoms with Gasteiger partial charge in [-0.1, -0.05) is 30.3 Å². The number of pyridine rings is 1. The Morgan fingerprint density at radius 3 is 2.22 bits per heavy atom. The van der Waals surface area contributed by atoms with Gasteiger partial charge in [-0.25, -0.2) is 13.8 Å². The molecule has 2 aromatic carbocycles. The Kier molecular flexibility index (Phi) is 6.39. The molecule has 1 aliphatic heterocycles. The van der Waals surface area contributed by atoms with Crippen LogP contribution in [-0.4, -0.2) is 47.9 Å². The quantitative estimate of drug-likeness (QED) is 0.665. The van der Waals surface area contributed by atoms with Gasteiger partial charge < -0.3 is 15.1 Å². The van der Waals surface area contributed by atoms with E-state index in [2.05, 4.69) is 15.2 Å². The molecule has 0 unspecified atom stereocenters. The molecule has 1 aliphatic rings. The third-order valence-corrected chi connectivity index (χ3v) is 5.29. The smallest absolute Gasteiger partial charge is 0.255 e. The summed E-state index contributed by atoms with van der Waals surface area (Å²) in [5, 5.41) is 2.58. The second-order valence-corrected chi connectivity index (χ2v) is 7.55. The monoisotopic (exact) mass is 436 g/mol. The van der Waals surface area contributed by atoms with Gasteiger partial charge in [-0.2, -0.15) is 0 Å². The summed E-state index contributed by atoms with van der Waals surface area (Å²) in [4.78, 5) is 33.0. The third-order valence-electron chi connectivity index (χ3n) is 5.29. The Labute approximate surface area is 184 Å². The Morgan fingerprint density at radius 1 is 0.906 bits per heavy atom. The van der Waals surface area contributed by atoms with Crippen molar-refractivity contribution >= 4 is 23.3 Å². The van der Waals surface area contributed by atoms with Crippen LogP contribution in [0.3, 0.4) is 0 Å². The molecule has 0 aliphatic carbocycles. The van der Waals surface area contributed by atoms with E-state index in [9.17, 15) is 18.4 Å². The first kappa shape index (κ1) is 21.4. The lowest BCUT2D eigenvalue weighted by Gasteiger charge is -2.35. The minimum absolute atomic E-state index is 0.107. The number of nitrogens with one attached hydrogen (secondary N) is 1. The summed E-state index contributed by atoms with van der Waals surface area (Å²) in [6.45, 7) is 2.53. The summed E-state index contributed by atoms with van der Waals surface area (Å²) in [5.74, 6) is -1.41. The predicted molar refractivity (Wildman–Crippen MR) is 117 cm³/mol. The van der Waals surface area contributed by atoms with Gasteiger partial charge in [0.2, 0.25) is 5.91 Å². The fourth-order valence-corrected chi connectivity index (χ4v) is 3.60. The number of benzene rings is 2. The van der Waals surface area contributed by atoms with Gasteiger partial charge in [0.05, 0.1) is 18.3 Å². The fraction of sp³-hybridized carbons (Fsp3) is 0.208. The lowest BCUT2D eigenvalue weighted by molar-refractivity contribution is -0.130. The van der Waals surface area contributed by atoms with Crippen molar-refractivity contribution in [2.24, 2.45) is 0 Å². The Balaban J connectivity index is 1.31. The number of halogens is 2. The van der Waals surface area contributed by atoms with E-state index in [0.29, 0.717) is 44.4 Å². The first-order valence-electron chi connectivity index (χ1n) is 10.3. The van der Waals surface area contributed by atoms with Gasteiger partial charge in [0.25, 0.3) is 5.91 Å². The fourth-order valence-electron chi connectivity index (χ4n) is 3.60. The molecular weight excluding hydrogens is 414 g/mol. The molecule has 6 nitrogen and oxygen atoms in total. The van der Waals surface area contributed by atoms with Crippen LogP contribution >= 0.6 is 0 Å². The number of rotatable bonds is 5. The first-order valence-corrected chi connectivity index (χ1v) is 10.3. The van der Waals surface area contributed by atoms with Crippen LogP contribution in [0, 0.1) is 11.6 Å². The highest BCUT2D eigenvalue weighted by Gasteiger charge is 2.22. The second-order valence-electron chi connectivity index (χ2n) is 7.55. The zero-order valence-electron chi connectivity index (χ0n) is 17.3. The highest BCUT2D eigenvalue weighted by molar-refractivity contribution is 6.04. The van der Waals surface area contributed by atoms with Gasteiger partial charge in [-0.3, -0.25) is 9.59 Å². The van der Waals surface area contributed by atoms with Crippen molar-refractivity contribution in [2.45, 2.75) is 6.42 Å². The summed E-state index contributed by atoms with van der Waals surface area (Å²) in [6, 6.07) is 15.8. The minimum atomic E-state index is -0.815. The number of aromatic nitrogens is 1. The van der Waals surface area contributed by atoms with E-state index in [1.54, 1.807) is 12.1 Å². The summed E-state index contributed by atoms with van der Waals surface area (Å²) in [6.07, 6.45) is 1.89. The minimum Gasteiger partial charge on any atom is -0.353 e. The van der Waals surface area contributed by atoms with E-state index in [1.807, 2.05) is 35.2 Å². The molecule has 0 saturated carbocycles. The van der Waals surface area contributed by atoms with E-state index >= 15 is 0 Å². The van der Waals surface area contributed by atoms with Crippen LogP contribution in [-0.2, 0) is 11.2 Å². The number of amides is 2. The number of piperazine rings is 1. The van der Waals surface area contributed by atoms with Crippen molar-refractivity contribution in [1.29, 1.82) is 0 Å². The largest absolute Gasteiger partial charge is 0.353 e. The van der Waals surface area contributed by atoms with Crippen molar-refractivity contribution in [1.82, 2.24) is 9.88 Å². The van der Waals surface area contributed by atoms with Crippen LogP contribution in [0.15, 0.2) is 66.9 Å². The lowest BCUT2D eigenvalue weighted by Crippen LogP contribution is -2.49. The Hall–Kier alpha value is -3.81. The molecule has 1 fully saturated rings. The second kappa shape index (κ2) is 9.55. The predicted octanol–water partition coefficient (Wildman–Crippen LogP) is 3.50. The Bertz CT molecular complexity index is 1080. The number of nitrogens with zero attached hydrogens (tertiary/aromatic N) is 3. The number of anilines is 2. The molecule has 2 heterocycles. The average Bonchev–Trinajstić information content (AvgIpc) is 2.80. The number of carbonyl (C=O) groups is 2. The summed E-state index contributed by atoms with van der Waals surface area (Å²) in [7, 11) is 0. The number of hydrogen-bond donors (Lipinski definition) is 1. The number of carbonyl (C=O) groups excluding carboxylic acids is 2. The number of hydrogen-bond acceptors (Lipinski definition) is 4. The van der Waals surface area contributed by atoms with E-state index in [1.165, 1.54) is 6.20 Å². The van der Waals surface area contributed by atoms with Gasteiger partial charge in [-0.05, 0) is 29.8 Å². The molecule has 0 bridgehead atoms. The highest BCUT2D eigenvalue weighted by Crippen LogP contribution is 2.18. The molecule has 164 valence electrons. The molecule has 0 atom stereocenters. The molecule has 8 heteroatoms. The molecule has 1 saturated heterocycles. The van der Waals surface area contributed by atoms with Crippen LogP contribution in [0.4, 0.5) is 20.3 Å². The van der Waals surface area contributed by atoms with Crippen molar-refractivity contribution in [3.8, 4) is 0 Å². The molecule has 2 amide bonds. The van der Waals surface area contributed by atoms with Crippen LogP contribution < -0.4 is 10.2 Å². The van der Waals surface area contributed by atoms with Gasteiger partial charge in [0, 0.05) is 37.8 Å². The third kappa shape index (κ3) is 5.26. The molecule has 4 rings (SSSR count). The maximum Gasteiger partial charge on any atom is 0.255 e. The van der Waals surface area contributed by atoms with Crippen LogP contribution in [0.1, 0.15) is 15.9 Å². The molecule has 0 radical (unpaired) electrons. The molecule has 32 heavy (non-hydrogen) atoms. The molecule has 1 aromatic heterocycles. The molecule has 1 N–H and O–H groups in total. The summed E-state index contributed by atoms with van der Waals surface area (Å²) in [5.41, 5.74) is 1.31. The zero-order chi connectivity index (χ0) is 22.5. The van der Waals surface area contributed by atoms with Gasteiger partial charge in [0.1, 0.15) is 17.5 Å². The van der Waals surface area contributed by atoms with Crippen molar-refractivity contribution in [2.75, 3.05) is 36.4 Å². The van der Waals surface area contributed by atoms with Crippen molar-refractivity contribution in [3.05, 3.63) is 89.6 Å². The normalized spacial score (nSPS) is 13.7. The van der Waals surface area contributed by atoms with E-state index in [0.717, 1.165) is 23.5 Å². The summed E-state index contributed by atoms with van der Waals surface area (Å²) >= 11 is 0. The van der Waals surface area contributed by atoms with E-state index in [-0.39, 0.29) is 11.5 Å². The maximum atomic E-state index is 13.3. The molecule has 3 aromatic rings. The van der Waals surface area contributed by atoms with Gasteiger partial charge >= 0.3 is 0 Å². The topological polar surface area (TPSA) is 65.5 Å². The lowest BCUT2D eigenvalue weighted by atomic mass is 10.1. The van der Waals surface area contributed by atoms with Crippen LogP contribution in [0.2, 0.25) is 0 Å². The molecule has 0 spiro atoms. The van der Waals surface area contributed by atoms with Gasteiger partial charge in [0.15, 0.2) is 0 Å². The van der Waals surface area contributed by atoms with Gasteiger partial charge in [-0.15, -0.1) is 0 Å². The van der Waals surface area contributed by atoms with E-state index in [4.69, 9.17) is 0 Å². The van der Waals surface area contributed by atoms with E-state index < -0.39 is 17.5 Å². The maximum absolute atomic E-state index is 13.3. The molecular formula is C24H22F2N4O2. The highest BCUT2D eigenvalue weighted by atomic mass is 19.1. The summed E-state index contributed by atoms with van der Waals surface area (Å²) < 4.78 is 26.6. The van der Waals surface area contributed by atoms with Crippen LogP contribution in [0.25, 0.3) is 0 Å². The van der Waals surface area contributed by atoms with Crippen LogP contribution in [0.5, 0.6) is 0 Å². The standard InChI is InChI=1S/C24H22F2N4O2/c25-19-13-18(14-20(26)15-19)24(32)28-21-6-7-22(27-16-21)29-8-10-30(11-9-29)23(31)12-17-4-2-1-3-5-17/h1-7,13-16H,8-12H2,(H,28,32). The van der Waals surface area contributed by atoms with Crippen molar-refractivity contribution < 1.29 is 18.4 Å². The average molecular weight is 436 g/mol. The first-order chi connectivity index (χ1) is 15.5. The zero-order valence-corrected chi connectivity index (χ0v) is 17.3.